The molecule has 3 aromatic rings. The summed E-state index contributed by atoms with van der Waals surface area (Å²) in [6, 6.07) is 21.4. The number of nitrogens with zero attached hydrogens (tertiary/aromatic N) is 1. The van der Waals surface area contributed by atoms with Gasteiger partial charge in [-0.1, -0.05) is 74.0 Å². The lowest BCUT2D eigenvalue weighted by Gasteiger charge is -2.16. The Morgan fingerprint density at radius 1 is 0.960 bits per heavy atom. The first-order valence-corrected chi connectivity index (χ1v) is 8.75. The largest absolute Gasteiger partial charge is 0.507 e. The minimum atomic E-state index is -0.101. The fraction of sp³-hybridized carbons (Fsp3) is 0.227. The number of hydrogen-bond donors (Lipinski definition) is 1. The fourth-order valence-electron chi connectivity index (χ4n) is 3.04. The highest BCUT2D eigenvalue weighted by Gasteiger charge is 2.15. The second-order valence-electron chi connectivity index (χ2n) is 6.24. The van der Waals surface area contributed by atoms with E-state index in [1.807, 2.05) is 60.7 Å². The van der Waals surface area contributed by atoms with Crippen LogP contribution in [-0.4, -0.2) is 9.67 Å². The topological polar surface area (TPSA) is 42.2 Å². The van der Waals surface area contributed by atoms with Crippen LogP contribution < -0.4 is 5.56 Å². The first kappa shape index (κ1) is 17.0. The summed E-state index contributed by atoms with van der Waals surface area (Å²) in [5, 5.41) is 10.4. The van der Waals surface area contributed by atoms with E-state index < -0.39 is 0 Å². The summed E-state index contributed by atoms with van der Waals surface area (Å²) in [5.41, 5.74) is 3.14. The van der Waals surface area contributed by atoms with Crippen LogP contribution in [0, 0.1) is 0 Å². The molecule has 0 bridgehead atoms. The van der Waals surface area contributed by atoms with Gasteiger partial charge in [-0.15, -0.1) is 0 Å². The SMILES string of the molecule is CCCCc1c(O)cc(-c2ccccc2)n(Cc2ccccc2)c1=O. The average molecular weight is 333 g/mol. The summed E-state index contributed by atoms with van der Waals surface area (Å²) in [4.78, 5) is 13.1. The van der Waals surface area contributed by atoms with E-state index in [2.05, 4.69) is 6.92 Å². The molecule has 0 aliphatic heterocycles. The molecule has 0 radical (unpaired) electrons. The molecular formula is C22H23NO2. The summed E-state index contributed by atoms with van der Waals surface area (Å²) in [5.74, 6) is 0.0987. The van der Waals surface area contributed by atoms with Crippen molar-refractivity contribution in [3.63, 3.8) is 0 Å². The number of hydrogen-bond acceptors (Lipinski definition) is 2. The van der Waals surface area contributed by atoms with Crippen molar-refractivity contribution in [1.82, 2.24) is 4.57 Å². The smallest absolute Gasteiger partial charge is 0.258 e. The first-order chi connectivity index (χ1) is 12.2. The minimum Gasteiger partial charge on any atom is -0.507 e. The van der Waals surface area contributed by atoms with Crippen molar-refractivity contribution in [3.05, 3.63) is 88.2 Å². The van der Waals surface area contributed by atoms with Crippen molar-refractivity contribution in [1.29, 1.82) is 0 Å². The van der Waals surface area contributed by atoms with Crippen LogP contribution in [0.3, 0.4) is 0 Å². The van der Waals surface area contributed by atoms with E-state index in [4.69, 9.17) is 0 Å². The Balaban J connectivity index is 2.15. The summed E-state index contributed by atoms with van der Waals surface area (Å²) in [7, 11) is 0. The molecule has 1 aromatic heterocycles. The van der Waals surface area contributed by atoms with Crippen LogP contribution in [0.2, 0.25) is 0 Å². The van der Waals surface area contributed by atoms with E-state index in [1.165, 1.54) is 0 Å². The van der Waals surface area contributed by atoms with Gasteiger partial charge in [0, 0.05) is 6.07 Å². The summed E-state index contributed by atoms with van der Waals surface area (Å²) in [6.45, 7) is 2.57. The molecule has 1 heterocycles. The Hall–Kier alpha value is -2.81. The molecule has 3 nitrogen and oxygen atoms in total. The van der Waals surface area contributed by atoms with E-state index in [9.17, 15) is 9.90 Å². The molecule has 1 N–H and O–H groups in total. The summed E-state index contributed by atoms with van der Waals surface area (Å²) in [6.07, 6.45) is 2.47. The fourth-order valence-corrected chi connectivity index (χ4v) is 3.04. The van der Waals surface area contributed by atoms with Crippen LogP contribution in [-0.2, 0) is 13.0 Å². The normalized spacial score (nSPS) is 10.8. The van der Waals surface area contributed by atoms with Crippen LogP contribution in [0.4, 0.5) is 0 Å². The van der Waals surface area contributed by atoms with Crippen LogP contribution >= 0.6 is 0 Å². The maximum atomic E-state index is 13.1. The number of benzene rings is 2. The lowest BCUT2D eigenvalue weighted by Crippen LogP contribution is -2.26. The monoisotopic (exact) mass is 333 g/mol. The molecule has 3 rings (SSSR count). The zero-order valence-electron chi connectivity index (χ0n) is 14.5. The molecule has 2 aromatic carbocycles. The number of rotatable bonds is 6. The van der Waals surface area contributed by atoms with Crippen molar-refractivity contribution in [2.24, 2.45) is 0 Å². The van der Waals surface area contributed by atoms with Crippen LogP contribution in [0.5, 0.6) is 5.75 Å². The van der Waals surface area contributed by atoms with E-state index in [0.717, 1.165) is 29.7 Å². The number of unbranched alkanes of at least 4 members (excludes halogenated alkanes) is 1. The highest BCUT2D eigenvalue weighted by molar-refractivity contribution is 5.62. The molecule has 0 atom stereocenters. The molecule has 0 fully saturated rings. The van der Waals surface area contributed by atoms with Gasteiger partial charge in [0.2, 0.25) is 0 Å². The van der Waals surface area contributed by atoms with E-state index in [1.54, 1.807) is 10.6 Å². The predicted molar refractivity (Wildman–Crippen MR) is 102 cm³/mol. The Morgan fingerprint density at radius 3 is 2.24 bits per heavy atom. The minimum absolute atomic E-state index is 0.0987. The Labute approximate surface area is 148 Å². The van der Waals surface area contributed by atoms with E-state index >= 15 is 0 Å². The third-order valence-electron chi connectivity index (χ3n) is 4.41. The first-order valence-electron chi connectivity index (χ1n) is 8.75. The maximum absolute atomic E-state index is 13.1. The molecule has 0 spiro atoms. The van der Waals surface area contributed by atoms with E-state index in [-0.39, 0.29) is 11.3 Å². The Morgan fingerprint density at radius 2 is 1.60 bits per heavy atom. The molecule has 128 valence electrons. The Kier molecular flexibility index (Phi) is 5.34. The van der Waals surface area contributed by atoms with Gasteiger partial charge in [-0.25, -0.2) is 0 Å². The second kappa shape index (κ2) is 7.84. The molecule has 0 unspecified atom stereocenters. The van der Waals surface area contributed by atoms with Crippen LogP contribution in [0.25, 0.3) is 11.3 Å². The zero-order chi connectivity index (χ0) is 17.6. The molecule has 25 heavy (non-hydrogen) atoms. The average Bonchev–Trinajstić information content (AvgIpc) is 2.65. The van der Waals surface area contributed by atoms with E-state index in [0.29, 0.717) is 18.5 Å². The molecule has 0 amide bonds. The molecule has 3 heteroatoms. The summed E-state index contributed by atoms with van der Waals surface area (Å²) >= 11 is 0. The standard InChI is InChI=1S/C22H23NO2/c1-2-3-14-19-21(24)15-20(18-12-8-5-9-13-18)23(22(19)25)16-17-10-6-4-7-11-17/h4-13,15,24H,2-3,14,16H2,1H3. The van der Waals surface area contributed by atoms with Gasteiger partial charge < -0.3 is 9.67 Å². The van der Waals surface area contributed by atoms with Crippen LogP contribution in [0.1, 0.15) is 30.9 Å². The molecule has 0 aliphatic carbocycles. The van der Waals surface area contributed by atoms with Crippen molar-refractivity contribution in [2.75, 3.05) is 0 Å². The van der Waals surface area contributed by atoms with Gasteiger partial charge in [-0.2, -0.15) is 0 Å². The van der Waals surface area contributed by atoms with Gasteiger partial charge in [0.15, 0.2) is 0 Å². The van der Waals surface area contributed by atoms with Gasteiger partial charge in [0.1, 0.15) is 5.75 Å². The lowest BCUT2D eigenvalue weighted by atomic mass is 10.0. The third kappa shape index (κ3) is 3.82. The zero-order valence-corrected chi connectivity index (χ0v) is 14.5. The maximum Gasteiger partial charge on any atom is 0.258 e. The molecule has 0 saturated carbocycles. The molecule has 0 saturated heterocycles. The lowest BCUT2D eigenvalue weighted by molar-refractivity contribution is 0.462. The number of aromatic nitrogens is 1. The van der Waals surface area contributed by atoms with Crippen molar-refractivity contribution in [3.8, 4) is 17.0 Å². The van der Waals surface area contributed by atoms with Crippen molar-refractivity contribution in [2.45, 2.75) is 32.7 Å². The van der Waals surface area contributed by atoms with Gasteiger partial charge >= 0.3 is 0 Å². The molecule has 0 aliphatic rings. The second-order valence-corrected chi connectivity index (χ2v) is 6.24. The third-order valence-corrected chi connectivity index (χ3v) is 4.41. The van der Waals surface area contributed by atoms with Gasteiger partial charge in [0.25, 0.3) is 5.56 Å². The Bertz CT molecular complexity index is 883. The van der Waals surface area contributed by atoms with Crippen LogP contribution in [0.15, 0.2) is 71.5 Å². The highest BCUT2D eigenvalue weighted by atomic mass is 16.3. The van der Waals surface area contributed by atoms with Gasteiger partial charge in [-0.3, -0.25) is 4.79 Å². The predicted octanol–water partition coefficient (Wildman–Crippen LogP) is 4.61. The van der Waals surface area contributed by atoms with Gasteiger partial charge in [0.05, 0.1) is 17.8 Å². The molecular weight excluding hydrogens is 310 g/mol. The highest BCUT2D eigenvalue weighted by Crippen LogP contribution is 2.25. The number of aromatic hydroxyl groups is 1. The number of pyridine rings is 1. The van der Waals surface area contributed by atoms with Crippen molar-refractivity contribution >= 4 is 0 Å². The van der Waals surface area contributed by atoms with Crippen molar-refractivity contribution < 1.29 is 5.11 Å². The quantitative estimate of drug-likeness (QED) is 0.715. The summed E-state index contributed by atoms with van der Waals surface area (Å²) < 4.78 is 1.77. The van der Waals surface area contributed by atoms with Gasteiger partial charge in [-0.05, 0) is 24.0 Å².